The van der Waals surface area contributed by atoms with E-state index in [1.54, 1.807) is 0 Å². The maximum Gasteiger partial charge on any atom is 0.128 e. The molecule has 2 aromatic rings. The van der Waals surface area contributed by atoms with Crippen LogP contribution >= 0.6 is 0 Å². The largest absolute Gasteiger partial charge is 0.490 e. The standard InChI is InChI=1S/C13H15NO2/c15-6-7-16-13-3-1-2-11-10(13)8-12(14-11)9-4-5-9/h1-3,8-9,14-15H,4-7H2. The normalized spacial score (nSPS) is 15.6. The molecule has 0 unspecified atom stereocenters. The van der Waals surface area contributed by atoms with Gasteiger partial charge < -0.3 is 14.8 Å². The van der Waals surface area contributed by atoms with E-state index < -0.39 is 0 Å². The predicted octanol–water partition coefficient (Wildman–Crippen LogP) is 2.42. The molecule has 3 heteroatoms. The summed E-state index contributed by atoms with van der Waals surface area (Å²) >= 11 is 0. The first kappa shape index (κ1) is 9.73. The molecule has 0 spiro atoms. The van der Waals surface area contributed by atoms with Crippen LogP contribution in [0.25, 0.3) is 10.9 Å². The Kier molecular flexibility index (Phi) is 2.33. The zero-order chi connectivity index (χ0) is 11.0. The Morgan fingerprint density at radius 1 is 1.38 bits per heavy atom. The van der Waals surface area contributed by atoms with Gasteiger partial charge in [-0.15, -0.1) is 0 Å². The van der Waals surface area contributed by atoms with Crippen molar-refractivity contribution in [2.45, 2.75) is 18.8 Å². The van der Waals surface area contributed by atoms with Crippen molar-refractivity contribution >= 4 is 10.9 Å². The van der Waals surface area contributed by atoms with Gasteiger partial charge in [-0.2, -0.15) is 0 Å². The first-order valence-corrected chi connectivity index (χ1v) is 5.74. The van der Waals surface area contributed by atoms with E-state index in [2.05, 4.69) is 17.1 Å². The highest BCUT2D eigenvalue weighted by atomic mass is 16.5. The van der Waals surface area contributed by atoms with Gasteiger partial charge in [0, 0.05) is 16.6 Å². The summed E-state index contributed by atoms with van der Waals surface area (Å²) in [5.41, 5.74) is 2.44. The Labute approximate surface area is 94.0 Å². The summed E-state index contributed by atoms with van der Waals surface area (Å²) < 4.78 is 5.51. The molecule has 1 aromatic heterocycles. The number of rotatable bonds is 4. The average Bonchev–Trinajstić information content (AvgIpc) is 3.06. The van der Waals surface area contributed by atoms with Crippen molar-refractivity contribution in [1.29, 1.82) is 0 Å². The van der Waals surface area contributed by atoms with Crippen LogP contribution in [0.4, 0.5) is 0 Å². The maximum atomic E-state index is 8.77. The first-order valence-electron chi connectivity index (χ1n) is 5.74. The minimum Gasteiger partial charge on any atom is -0.490 e. The van der Waals surface area contributed by atoms with Gasteiger partial charge in [-0.3, -0.25) is 0 Å². The second kappa shape index (κ2) is 3.83. The third-order valence-corrected chi connectivity index (χ3v) is 3.01. The molecule has 3 rings (SSSR count). The van der Waals surface area contributed by atoms with E-state index in [4.69, 9.17) is 9.84 Å². The summed E-state index contributed by atoms with van der Waals surface area (Å²) in [5.74, 6) is 1.58. The smallest absolute Gasteiger partial charge is 0.128 e. The molecule has 1 aromatic carbocycles. The quantitative estimate of drug-likeness (QED) is 0.826. The van der Waals surface area contributed by atoms with Crippen LogP contribution in [-0.2, 0) is 0 Å². The molecule has 3 nitrogen and oxygen atoms in total. The molecule has 1 aliphatic rings. The SMILES string of the molecule is OCCOc1cccc2[nH]c(C3CC3)cc12. The fourth-order valence-electron chi connectivity index (χ4n) is 2.04. The number of fused-ring (bicyclic) bond motifs is 1. The molecule has 84 valence electrons. The molecule has 1 aliphatic carbocycles. The van der Waals surface area contributed by atoms with Gasteiger partial charge in [0.1, 0.15) is 12.4 Å². The molecule has 0 radical (unpaired) electrons. The molecule has 2 N–H and O–H groups in total. The monoisotopic (exact) mass is 217 g/mol. The number of aromatic amines is 1. The summed E-state index contributed by atoms with van der Waals surface area (Å²) in [5, 5.41) is 9.89. The summed E-state index contributed by atoms with van der Waals surface area (Å²) in [4.78, 5) is 3.43. The number of aliphatic hydroxyl groups excluding tert-OH is 1. The molecule has 0 bridgehead atoms. The lowest BCUT2D eigenvalue weighted by molar-refractivity contribution is 0.203. The number of aliphatic hydroxyl groups is 1. The van der Waals surface area contributed by atoms with Gasteiger partial charge >= 0.3 is 0 Å². The summed E-state index contributed by atoms with van der Waals surface area (Å²) in [7, 11) is 0. The van der Waals surface area contributed by atoms with Crippen LogP contribution in [0.1, 0.15) is 24.5 Å². The van der Waals surface area contributed by atoms with Crippen molar-refractivity contribution in [3.8, 4) is 5.75 Å². The second-order valence-electron chi connectivity index (χ2n) is 4.29. The summed E-state index contributed by atoms with van der Waals surface area (Å²) in [6.07, 6.45) is 2.58. The van der Waals surface area contributed by atoms with E-state index in [9.17, 15) is 0 Å². The van der Waals surface area contributed by atoms with Crippen molar-refractivity contribution in [2.24, 2.45) is 0 Å². The van der Waals surface area contributed by atoms with Crippen LogP contribution in [0.3, 0.4) is 0 Å². The van der Waals surface area contributed by atoms with E-state index >= 15 is 0 Å². The number of benzene rings is 1. The van der Waals surface area contributed by atoms with Crippen LogP contribution in [0.15, 0.2) is 24.3 Å². The molecule has 16 heavy (non-hydrogen) atoms. The lowest BCUT2D eigenvalue weighted by atomic mass is 10.2. The highest BCUT2D eigenvalue weighted by Gasteiger charge is 2.25. The van der Waals surface area contributed by atoms with Gasteiger partial charge in [0.25, 0.3) is 0 Å². The first-order chi connectivity index (χ1) is 7.88. The van der Waals surface area contributed by atoms with Gasteiger partial charge in [0.05, 0.1) is 6.61 Å². The van der Waals surface area contributed by atoms with Gasteiger partial charge in [-0.25, -0.2) is 0 Å². The fourth-order valence-corrected chi connectivity index (χ4v) is 2.04. The molecule has 1 fully saturated rings. The number of ether oxygens (including phenoxy) is 1. The van der Waals surface area contributed by atoms with E-state index in [-0.39, 0.29) is 6.61 Å². The maximum absolute atomic E-state index is 8.77. The number of H-pyrrole nitrogens is 1. The lowest BCUT2D eigenvalue weighted by Crippen LogP contribution is -2.01. The van der Waals surface area contributed by atoms with Crippen LogP contribution in [0.2, 0.25) is 0 Å². The third kappa shape index (κ3) is 1.67. The Morgan fingerprint density at radius 2 is 2.25 bits per heavy atom. The third-order valence-electron chi connectivity index (χ3n) is 3.01. The van der Waals surface area contributed by atoms with Gasteiger partial charge in [-0.1, -0.05) is 6.07 Å². The van der Waals surface area contributed by atoms with Crippen molar-refractivity contribution in [1.82, 2.24) is 4.98 Å². The Morgan fingerprint density at radius 3 is 3.00 bits per heavy atom. The molecule has 0 aliphatic heterocycles. The fraction of sp³-hybridized carbons (Fsp3) is 0.385. The average molecular weight is 217 g/mol. The van der Waals surface area contributed by atoms with E-state index in [1.165, 1.54) is 18.5 Å². The van der Waals surface area contributed by atoms with Gasteiger partial charge in [0.15, 0.2) is 0 Å². The number of aromatic nitrogens is 1. The van der Waals surface area contributed by atoms with Crippen LogP contribution in [0, 0.1) is 0 Å². The van der Waals surface area contributed by atoms with Gasteiger partial charge in [-0.05, 0) is 37.0 Å². The van der Waals surface area contributed by atoms with E-state index in [0.29, 0.717) is 6.61 Å². The van der Waals surface area contributed by atoms with Crippen LogP contribution in [-0.4, -0.2) is 23.3 Å². The van der Waals surface area contributed by atoms with Crippen molar-refractivity contribution in [3.05, 3.63) is 30.0 Å². The molecule has 1 heterocycles. The van der Waals surface area contributed by atoms with Crippen LogP contribution in [0.5, 0.6) is 5.75 Å². The van der Waals surface area contributed by atoms with Gasteiger partial charge in [0.2, 0.25) is 0 Å². The molecular weight excluding hydrogens is 202 g/mol. The number of nitrogens with one attached hydrogen (secondary N) is 1. The highest BCUT2D eigenvalue weighted by molar-refractivity contribution is 5.86. The topological polar surface area (TPSA) is 45.2 Å². The summed E-state index contributed by atoms with van der Waals surface area (Å²) in [6.45, 7) is 0.402. The molecule has 0 atom stereocenters. The Hall–Kier alpha value is -1.48. The highest BCUT2D eigenvalue weighted by Crippen LogP contribution is 2.41. The number of hydrogen-bond donors (Lipinski definition) is 2. The number of hydrogen-bond acceptors (Lipinski definition) is 2. The van der Waals surface area contributed by atoms with E-state index in [1.807, 2.05) is 12.1 Å². The molecule has 1 saturated carbocycles. The van der Waals surface area contributed by atoms with Crippen molar-refractivity contribution < 1.29 is 9.84 Å². The Balaban J connectivity index is 1.99. The van der Waals surface area contributed by atoms with E-state index in [0.717, 1.165) is 22.6 Å². The molecule has 0 saturated heterocycles. The lowest BCUT2D eigenvalue weighted by Gasteiger charge is -2.04. The second-order valence-corrected chi connectivity index (χ2v) is 4.29. The minimum atomic E-state index is 0.0519. The minimum absolute atomic E-state index is 0.0519. The van der Waals surface area contributed by atoms with Crippen molar-refractivity contribution in [2.75, 3.05) is 13.2 Å². The van der Waals surface area contributed by atoms with Crippen LogP contribution < -0.4 is 4.74 Å². The summed E-state index contributed by atoms with van der Waals surface area (Å²) in [6, 6.07) is 8.16. The zero-order valence-corrected chi connectivity index (χ0v) is 9.07. The van der Waals surface area contributed by atoms with Crippen molar-refractivity contribution in [3.63, 3.8) is 0 Å². The predicted molar refractivity (Wildman–Crippen MR) is 62.9 cm³/mol. The zero-order valence-electron chi connectivity index (χ0n) is 9.07. The molecular formula is C13H15NO2. The molecule has 0 amide bonds. The Bertz CT molecular complexity index is 500.